The number of piperidine rings is 1. The predicted molar refractivity (Wildman–Crippen MR) is 90.5 cm³/mol. The molecule has 0 aromatic carbocycles. The summed E-state index contributed by atoms with van der Waals surface area (Å²) in [7, 11) is 1.80. The number of aryl methyl sites for hydroxylation is 1. The van der Waals surface area contributed by atoms with Gasteiger partial charge in [-0.05, 0) is 38.1 Å². The maximum absolute atomic E-state index is 12.3. The van der Waals surface area contributed by atoms with Gasteiger partial charge in [0.1, 0.15) is 0 Å². The van der Waals surface area contributed by atoms with Crippen LogP contribution in [0.1, 0.15) is 42.5 Å². The van der Waals surface area contributed by atoms with Crippen molar-refractivity contribution < 1.29 is 9.59 Å². The van der Waals surface area contributed by atoms with E-state index in [-0.39, 0.29) is 11.8 Å². The molecule has 0 radical (unpaired) electrons. The minimum absolute atomic E-state index is 0.0751. The lowest BCUT2D eigenvalue weighted by atomic mass is 9.96. The van der Waals surface area contributed by atoms with Crippen LogP contribution in [0.25, 0.3) is 0 Å². The molecule has 0 saturated carbocycles. The second-order valence-corrected chi connectivity index (χ2v) is 6.93. The van der Waals surface area contributed by atoms with Crippen molar-refractivity contribution in [3.63, 3.8) is 0 Å². The molecule has 1 unspecified atom stereocenters. The number of nitrogens with one attached hydrogen (secondary N) is 2. The Kier molecular flexibility index (Phi) is 5.50. The molecular weight excluding hydrogens is 306 g/mol. The first-order chi connectivity index (χ1) is 11.6. The normalized spacial score (nSPS) is 21.9. The Morgan fingerprint density at radius 2 is 2.12 bits per heavy atom. The number of amides is 2. The molecule has 132 valence electrons. The lowest BCUT2D eigenvalue weighted by molar-refractivity contribution is -0.133. The number of carbonyl (C=O) groups is 2. The Labute approximate surface area is 142 Å². The van der Waals surface area contributed by atoms with Crippen LogP contribution in [-0.4, -0.2) is 58.7 Å². The van der Waals surface area contributed by atoms with E-state index < -0.39 is 0 Å². The molecule has 7 nitrogen and oxygen atoms in total. The Bertz CT molecular complexity index is 571. The van der Waals surface area contributed by atoms with Crippen LogP contribution in [0, 0.1) is 5.92 Å². The van der Waals surface area contributed by atoms with Gasteiger partial charge in [0, 0.05) is 45.3 Å². The van der Waals surface area contributed by atoms with Gasteiger partial charge in [-0.3, -0.25) is 14.3 Å². The van der Waals surface area contributed by atoms with Crippen LogP contribution in [0.15, 0.2) is 12.4 Å². The third-order valence-electron chi connectivity index (χ3n) is 5.07. The molecule has 7 heteroatoms. The second-order valence-electron chi connectivity index (χ2n) is 6.93. The first-order valence-corrected chi connectivity index (χ1v) is 8.90. The van der Waals surface area contributed by atoms with Crippen LogP contribution in [0.3, 0.4) is 0 Å². The van der Waals surface area contributed by atoms with Crippen LogP contribution in [0.5, 0.6) is 0 Å². The topological polar surface area (TPSA) is 79.3 Å². The molecule has 3 heterocycles. The fourth-order valence-electron chi connectivity index (χ4n) is 3.53. The molecular formula is C17H27N5O2. The van der Waals surface area contributed by atoms with Gasteiger partial charge in [0.2, 0.25) is 5.91 Å². The lowest BCUT2D eigenvalue weighted by Crippen LogP contribution is -2.43. The molecule has 0 bridgehead atoms. The van der Waals surface area contributed by atoms with Crippen LogP contribution < -0.4 is 10.6 Å². The fourth-order valence-corrected chi connectivity index (χ4v) is 3.53. The van der Waals surface area contributed by atoms with Gasteiger partial charge in [0.25, 0.3) is 5.91 Å². The first kappa shape index (κ1) is 17.0. The molecule has 2 aliphatic heterocycles. The molecule has 2 aliphatic rings. The largest absolute Gasteiger partial charge is 0.352 e. The van der Waals surface area contributed by atoms with E-state index in [1.165, 1.54) is 6.42 Å². The second kappa shape index (κ2) is 7.79. The van der Waals surface area contributed by atoms with Crippen molar-refractivity contribution in [2.24, 2.45) is 13.0 Å². The number of hydrogen-bond acceptors (Lipinski definition) is 4. The summed E-state index contributed by atoms with van der Waals surface area (Å²) in [6, 6.07) is 0.369. The van der Waals surface area contributed by atoms with Crippen LogP contribution in [-0.2, 0) is 11.8 Å². The number of carbonyl (C=O) groups excluding carboxylic acids is 2. The van der Waals surface area contributed by atoms with Gasteiger partial charge < -0.3 is 15.5 Å². The van der Waals surface area contributed by atoms with Crippen LogP contribution in [0.4, 0.5) is 0 Å². The molecule has 2 N–H and O–H groups in total. The molecule has 0 spiro atoms. The number of likely N-dealkylation sites (tertiary alicyclic amines) is 1. The highest BCUT2D eigenvalue weighted by atomic mass is 16.2. The summed E-state index contributed by atoms with van der Waals surface area (Å²) >= 11 is 0. The van der Waals surface area contributed by atoms with E-state index in [2.05, 4.69) is 15.7 Å². The first-order valence-electron chi connectivity index (χ1n) is 8.90. The van der Waals surface area contributed by atoms with E-state index in [0.717, 1.165) is 38.9 Å². The Morgan fingerprint density at radius 3 is 2.75 bits per heavy atom. The summed E-state index contributed by atoms with van der Waals surface area (Å²) in [6.45, 7) is 3.31. The maximum Gasteiger partial charge on any atom is 0.254 e. The van der Waals surface area contributed by atoms with E-state index in [1.54, 1.807) is 24.1 Å². The molecule has 2 fully saturated rings. The predicted octanol–water partition coefficient (Wildman–Crippen LogP) is 0.531. The number of rotatable bonds is 5. The SMILES string of the molecule is Cn1cc(C(=O)NCC2CCN(C(=O)CC3CCCN3)CC2)cn1. The van der Waals surface area contributed by atoms with Crippen molar-refractivity contribution in [1.82, 2.24) is 25.3 Å². The molecule has 1 aromatic rings. The molecule has 0 aliphatic carbocycles. The zero-order valence-corrected chi connectivity index (χ0v) is 14.3. The Balaban J connectivity index is 1.37. The van der Waals surface area contributed by atoms with Gasteiger partial charge >= 0.3 is 0 Å². The average molecular weight is 333 g/mol. The summed E-state index contributed by atoms with van der Waals surface area (Å²) in [5.74, 6) is 0.639. The minimum atomic E-state index is -0.0751. The third kappa shape index (κ3) is 4.35. The Morgan fingerprint density at radius 1 is 1.33 bits per heavy atom. The summed E-state index contributed by atoms with van der Waals surface area (Å²) in [5, 5.41) is 10.4. The fraction of sp³-hybridized carbons (Fsp3) is 0.706. The molecule has 2 saturated heterocycles. The highest BCUT2D eigenvalue weighted by Gasteiger charge is 2.26. The highest BCUT2D eigenvalue weighted by Crippen LogP contribution is 2.19. The monoisotopic (exact) mass is 333 g/mol. The Hall–Kier alpha value is -1.89. The van der Waals surface area contributed by atoms with Crippen molar-refractivity contribution in [3.8, 4) is 0 Å². The van der Waals surface area contributed by atoms with E-state index in [0.29, 0.717) is 30.5 Å². The van der Waals surface area contributed by atoms with Crippen molar-refractivity contribution in [2.45, 2.75) is 38.1 Å². The lowest BCUT2D eigenvalue weighted by Gasteiger charge is -2.32. The summed E-state index contributed by atoms with van der Waals surface area (Å²) in [4.78, 5) is 26.3. The van der Waals surface area contributed by atoms with Gasteiger partial charge in [-0.2, -0.15) is 5.10 Å². The highest BCUT2D eigenvalue weighted by molar-refractivity contribution is 5.93. The number of hydrogen-bond donors (Lipinski definition) is 2. The molecule has 1 aromatic heterocycles. The zero-order chi connectivity index (χ0) is 16.9. The molecule has 3 rings (SSSR count). The van der Waals surface area contributed by atoms with E-state index in [4.69, 9.17) is 0 Å². The van der Waals surface area contributed by atoms with Gasteiger partial charge in [-0.25, -0.2) is 0 Å². The smallest absolute Gasteiger partial charge is 0.254 e. The van der Waals surface area contributed by atoms with Gasteiger partial charge in [0.05, 0.1) is 11.8 Å². The standard InChI is InChI=1S/C17H27N5O2/c1-21-12-14(11-20-21)17(24)19-10-13-4-7-22(8-5-13)16(23)9-15-3-2-6-18-15/h11-13,15,18H,2-10H2,1H3,(H,19,24). The maximum atomic E-state index is 12.3. The van der Waals surface area contributed by atoms with E-state index >= 15 is 0 Å². The van der Waals surface area contributed by atoms with E-state index in [9.17, 15) is 9.59 Å². The van der Waals surface area contributed by atoms with Gasteiger partial charge in [-0.15, -0.1) is 0 Å². The van der Waals surface area contributed by atoms with Crippen molar-refractivity contribution in [3.05, 3.63) is 18.0 Å². The van der Waals surface area contributed by atoms with Crippen molar-refractivity contribution in [1.29, 1.82) is 0 Å². The van der Waals surface area contributed by atoms with Crippen molar-refractivity contribution >= 4 is 11.8 Å². The quantitative estimate of drug-likeness (QED) is 0.824. The van der Waals surface area contributed by atoms with E-state index in [1.807, 2.05) is 4.90 Å². The summed E-state index contributed by atoms with van der Waals surface area (Å²) in [6.07, 6.45) is 8.12. The van der Waals surface area contributed by atoms with Gasteiger partial charge in [0.15, 0.2) is 0 Å². The van der Waals surface area contributed by atoms with Crippen LogP contribution >= 0.6 is 0 Å². The molecule has 24 heavy (non-hydrogen) atoms. The zero-order valence-electron chi connectivity index (χ0n) is 14.3. The summed E-state index contributed by atoms with van der Waals surface area (Å²) in [5.41, 5.74) is 0.592. The van der Waals surface area contributed by atoms with Crippen LogP contribution in [0.2, 0.25) is 0 Å². The third-order valence-corrected chi connectivity index (χ3v) is 5.07. The number of aromatic nitrogens is 2. The molecule has 2 amide bonds. The van der Waals surface area contributed by atoms with Gasteiger partial charge in [-0.1, -0.05) is 0 Å². The average Bonchev–Trinajstić information content (AvgIpc) is 3.24. The summed E-state index contributed by atoms with van der Waals surface area (Å²) < 4.78 is 1.62. The minimum Gasteiger partial charge on any atom is -0.352 e. The number of nitrogens with zero attached hydrogens (tertiary/aromatic N) is 3. The molecule has 1 atom stereocenters. The van der Waals surface area contributed by atoms with Crippen molar-refractivity contribution in [2.75, 3.05) is 26.2 Å².